The second-order valence-corrected chi connectivity index (χ2v) is 11.8. The molecule has 0 radical (unpaired) electrons. The molecule has 8 nitrogen and oxygen atoms in total. The molecule has 180 valence electrons. The van der Waals surface area contributed by atoms with Gasteiger partial charge in [-0.2, -0.15) is 5.26 Å². The zero-order valence-electron chi connectivity index (χ0n) is 20.0. The third kappa shape index (κ3) is 4.26. The number of phenolic OH excluding ortho intramolecular Hbond substituents is 1. The van der Waals surface area contributed by atoms with Gasteiger partial charge in [-0.15, -0.1) is 21.5 Å². The van der Waals surface area contributed by atoms with Crippen molar-refractivity contribution in [2.75, 3.05) is 4.90 Å². The van der Waals surface area contributed by atoms with Crippen LogP contribution in [0.25, 0.3) is 22.0 Å². The molecule has 1 aromatic carbocycles. The van der Waals surface area contributed by atoms with Gasteiger partial charge in [0.15, 0.2) is 11.6 Å². The first-order valence-corrected chi connectivity index (χ1v) is 13.1. The zero-order chi connectivity index (χ0) is 24.2. The molecule has 1 unspecified atom stereocenters. The summed E-state index contributed by atoms with van der Waals surface area (Å²) < 4.78 is 0. The molecule has 2 N–H and O–H groups in total. The van der Waals surface area contributed by atoms with Gasteiger partial charge in [-0.25, -0.2) is 9.97 Å². The predicted octanol–water partition coefficient (Wildman–Crippen LogP) is 4.66. The minimum absolute atomic E-state index is 0.0665. The number of nitrogens with one attached hydrogen (secondary N) is 1. The largest absolute Gasteiger partial charge is 0.507 e. The van der Waals surface area contributed by atoms with E-state index in [0.717, 1.165) is 24.2 Å². The molecule has 2 bridgehead atoms. The van der Waals surface area contributed by atoms with Gasteiger partial charge in [0.1, 0.15) is 21.7 Å². The van der Waals surface area contributed by atoms with E-state index in [1.165, 1.54) is 43.4 Å². The Morgan fingerprint density at radius 1 is 1.09 bits per heavy atom. The van der Waals surface area contributed by atoms with Gasteiger partial charge in [0.2, 0.25) is 0 Å². The monoisotopic (exact) mass is 487 g/mol. The second-order valence-electron chi connectivity index (χ2n) is 10.8. The van der Waals surface area contributed by atoms with Crippen LogP contribution in [0.15, 0.2) is 30.6 Å². The molecular weight excluding hydrogens is 458 g/mol. The number of aromatic hydroxyl groups is 1. The quantitative estimate of drug-likeness (QED) is 0.534. The smallest absolute Gasteiger partial charge is 0.185 e. The van der Waals surface area contributed by atoms with Gasteiger partial charge in [0.05, 0.1) is 18.0 Å². The summed E-state index contributed by atoms with van der Waals surface area (Å²) in [5.41, 5.74) is 1.62. The van der Waals surface area contributed by atoms with E-state index in [9.17, 15) is 5.11 Å². The van der Waals surface area contributed by atoms with Gasteiger partial charge < -0.3 is 15.3 Å². The van der Waals surface area contributed by atoms with Crippen LogP contribution in [-0.4, -0.2) is 48.4 Å². The highest BCUT2D eigenvalue weighted by atomic mass is 32.1. The van der Waals surface area contributed by atoms with Crippen LogP contribution in [0.3, 0.4) is 0 Å². The first-order chi connectivity index (χ1) is 16.8. The molecule has 2 aromatic heterocycles. The Morgan fingerprint density at radius 3 is 2.46 bits per heavy atom. The Labute approximate surface area is 209 Å². The van der Waals surface area contributed by atoms with E-state index in [2.05, 4.69) is 50.3 Å². The molecule has 2 saturated heterocycles. The number of fused-ring (bicyclic) bond motifs is 2. The van der Waals surface area contributed by atoms with Crippen LogP contribution in [0.1, 0.15) is 63.7 Å². The Morgan fingerprint density at radius 2 is 1.86 bits per heavy atom. The van der Waals surface area contributed by atoms with Crippen molar-refractivity contribution in [1.82, 2.24) is 25.5 Å². The fraction of sp³-hybridized carbons (Fsp3) is 0.500. The number of phenols is 1. The Bertz CT molecular complexity index is 1280. The Balaban J connectivity index is 1.26. The Hall–Kier alpha value is -3.09. The normalized spacial score (nSPS) is 27.9. The molecule has 3 aliphatic rings. The van der Waals surface area contributed by atoms with Gasteiger partial charge in [-0.1, -0.05) is 6.07 Å². The number of rotatable bonds is 5. The molecule has 1 saturated carbocycles. The summed E-state index contributed by atoms with van der Waals surface area (Å²) in [5, 5.41) is 33.4. The number of benzene rings is 1. The van der Waals surface area contributed by atoms with Crippen molar-refractivity contribution >= 4 is 17.2 Å². The lowest BCUT2D eigenvalue weighted by molar-refractivity contribution is 0.0766. The SMILES string of the molecule is C[C@]12CCC[C@](C)(CC(N(c3cnc(-c4ccc(-c5ncc(C#N)s5)cc4O)nn3)C3CC3)C1)N2. The van der Waals surface area contributed by atoms with Crippen LogP contribution in [0.4, 0.5) is 5.82 Å². The number of thiazole rings is 1. The molecule has 1 aliphatic carbocycles. The van der Waals surface area contributed by atoms with Gasteiger partial charge in [0.25, 0.3) is 0 Å². The van der Waals surface area contributed by atoms with Gasteiger partial charge >= 0.3 is 0 Å². The van der Waals surface area contributed by atoms with Crippen LogP contribution in [0, 0.1) is 11.3 Å². The lowest BCUT2D eigenvalue weighted by Crippen LogP contribution is -2.67. The number of piperidine rings is 2. The Kier molecular flexibility index (Phi) is 5.27. The number of nitrogens with zero attached hydrogens (tertiary/aromatic N) is 6. The van der Waals surface area contributed by atoms with Crippen molar-refractivity contribution in [3.05, 3.63) is 35.5 Å². The van der Waals surface area contributed by atoms with E-state index in [4.69, 9.17) is 5.26 Å². The molecule has 3 atom stereocenters. The summed E-state index contributed by atoms with van der Waals surface area (Å²) in [5.74, 6) is 1.29. The fourth-order valence-corrected chi connectivity index (χ4v) is 6.90. The van der Waals surface area contributed by atoms with E-state index < -0.39 is 0 Å². The van der Waals surface area contributed by atoms with Gasteiger partial charge in [-0.3, -0.25) is 0 Å². The highest BCUT2D eigenvalue weighted by Crippen LogP contribution is 2.45. The first kappa shape index (κ1) is 22.4. The van der Waals surface area contributed by atoms with Crippen molar-refractivity contribution in [3.63, 3.8) is 0 Å². The van der Waals surface area contributed by atoms with Crippen LogP contribution >= 0.6 is 11.3 Å². The average molecular weight is 488 g/mol. The maximum atomic E-state index is 10.7. The van der Waals surface area contributed by atoms with E-state index in [1.54, 1.807) is 18.3 Å². The fourth-order valence-electron chi connectivity index (χ4n) is 6.19. The molecule has 3 aromatic rings. The average Bonchev–Trinajstić information content (AvgIpc) is 3.53. The molecule has 0 amide bonds. The summed E-state index contributed by atoms with van der Waals surface area (Å²) >= 11 is 1.29. The number of hydrogen-bond acceptors (Lipinski definition) is 9. The molecule has 6 rings (SSSR count). The molecule has 2 aliphatic heterocycles. The third-order valence-electron chi connectivity index (χ3n) is 7.68. The maximum Gasteiger partial charge on any atom is 0.185 e. The van der Waals surface area contributed by atoms with Crippen LogP contribution < -0.4 is 10.2 Å². The van der Waals surface area contributed by atoms with E-state index in [1.807, 2.05) is 12.3 Å². The topological polar surface area (TPSA) is 111 Å². The van der Waals surface area contributed by atoms with Gasteiger partial charge in [0, 0.05) is 28.7 Å². The van der Waals surface area contributed by atoms with E-state index in [0.29, 0.717) is 33.4 Å². The minimum Gasteiger partial charge on any atom is -0.507 e. The van der Waals surface area contributed by atoms with Crippen molar-refractivity contribution < 1.29 is 5.11 Å². The molecule has 35 heavy (non-hydrogen) atoms. The van der Waals surface area contributed by atoms with Crippen LogP contribution in [0.2, 0.25) is 0 Å². The number of aromatic nitrogens is 4. The molecule has 3 fully saturated rings. The summed E-state index contributed by atoms with van der Waals surface area (Å²) in [4.78, 5) is 11.9. The molecule has 9 heteroatoms. The molecule has 4 heterocycles. The predicted molar refractivity (Wildman–Crippen MR) is 135 cm³/mol. The van der Waals surface area contributed by atoms with E-state index >= 15 is 0 Å². The van der Waals surface area contributed by atoms with Crippen molar-refractivity contribution in [1.29, 1.82) is 5.26 Å². The summed E-state index contributed by atoms with van der Waals surface area (Å²) in [6.07, 6.45) is 11.7. The minimum atomic E-state index is 0.0665. The summed E-state index contributed by atoms with van der Waals surface area (Å²) in [6.45, 7) is 4.74. The third-order valence-corrected chi connectivity index (χ3v) is 8.63. The lowest BCUT2D eigenvalue weighted by Gasteiger charge is -2.55. The van der Waals surface area contributed by atoms with Crippen LogP contribution in [-0.2, 0) is 0 Å². The van der Waals surface area contributed by atoms with E-state index in [-0.39, 0.29) is 16.8 Å². The molecular formula is C26H29N7OS. The first-order valence-electron chi connectivity index (χ1n) is 12.3. The lowest BCUT2D eigenvalue weighted by atomic mass is 9.69. The summed E-state index contributed by atoms with van der Waals surface area (Å²) in [7, 11) is 0. The van der Waals surface area contributed by atoms with Crippen molar-refractivity contribution in [2.24, 2.45) is 0 Å². The number of hydrogen-bond donors (Lipinski definition) is 2. The number of anilines is 1. The maximum absolute atomic E-state index is 10.7. The standard InChI is InChI=1S/C26H29N7OS/c1-25-8-3-9-26(2,32-25)12-18(11-25)33(17-5-6-17)22-15-28-23(31-30-22)20-7-4-16(10-21(20)34)24-29-14-19(13-27)35-24/h4,7,10,14-15,17-18,32,34H,3,5-6,8-9,11-12H2,1-2H3/t18?,25-,26+. The van der Waals surface area contributed by atoms with Crippen molar-refractivity contribution in [2.45, 2.75) is 82.0 Å². The zero-order valence-corrected chi connectivity index (χ0v) is 20.8. The van der Waals surface area contributed by atoms with Crippen molar-refractivity contribution in [3.8, 4) is 33.8 Å². The van der Waals surface area contributed by atoms with Crippen LogP contribution in [0.5, 0.6) is 5.75 Å². The van der Waals surface area contributed by atoms with Gasteiger partial charge in [-0.05, 0) is 70.9 Å². The highest BCUT2D eigenvalue weighted by Gasteiger charge is 2.49. The summed E-state index contributed by atoms with van der Waals surface area (Å²) in [6, 6.07) is 8.30. The molecule has 0 spiro atoms. The number of nitriles is 1. The highest BCUT2D eigenvalue weighted by molar-refractivity contribution is 7.15. The second kappa shape index (κ2) is 8.25.